The molecule has 2 aliphatic rings. The first-order valence-electron chi connectivity index (χ1n) is 23.9. The monoisotopic (exact) mass is 1100 g/mol. The van der Waals surface area contributed by atoms with Crippen LogP contribution in [0.2, 0.25) is 0 Å². The number of hydrogen-bond acceptors (Lipinski definition) is 5. The van der Waals surface area contributed by atoms with Crippen LogP contribution in [0.25, 0.3) is 66.9 Å². The number of fused-ring (bicyclic) bond motifs is 8. The van der Waals surface area contributed by atoms with Crippen LogP contribution in [0.5, 0.6) is 34.5 Å². The Morgan fingerprint density at radius 2 is 1.23 bits per heavy atom. The predicted molar refractivity (Wildman–Crippen MR) is 283 cm³/mol. The molecule has 8 aromatic carbocycles. The first kappa shape index (κ1) is 44.5. The maximum Gasteiger partial charge on any atom is 2.00 e. The number of nitrogens with zero attached hydrogens (tertiary/aromatic N) is 4. The molecule has 71 heavy (non-hydrogen) atoms. The van der Waals surface area contributed by atoms with Gasteiger partial charge in [-0.25, -0.2) is 4.98 Å². The third kappa shape index (κ3) is 7.30. The smallest absolute Gasteiger partial charge is 0.503 e. The Morgan fingerprint density at radius 3 is 1.97 bits per heavy atom. The molecule has 0 N–H and O–H groups in total. The van der Waals surface area contributed by atoms with Crippen molar-refractivity contribution < 1.29 is 35.3 Å². The molecular formula is C62H47BN4O3Pt. The standard InChI is InChI=1S/C62H47BN4O3.Pt/c1-61(2,3)39-28-31-50(44(34-39)38-18-8-7-9-19-38)67-51-25-15-13-23-48(51)65-60(67)45-37-55(59-57-58(45)69-53-26-16-11-21-46(53)63(57)47-22-12-17-27-54(47)70-59)68-41-29-30-43-42-20-10-14-24-49(42)66(52(43)36-41)56-35-40(32-33-64-56)62(4,5)6;/h7-35H,1-6H3;/q-2;+2. The van der Waals surface area contributed by atoms with E-state index in [1.54, 1.807) is 0 Å². The zero-order chi connectivity index (χ0) is 47.5. The summed E-state index contributed by atoms with van der Waals surface area (Å²) in [6.07, 6.45) is 1.89. The Labute approximate surface area is 428 Å². The summed E-state index contributed by atoms with van der Waals surface area (Å²) < 4.78 is 25.8. The predicted octanol–water partition coefficient (Wildman–Crippen LogP) is 13.6. The van der Waals surface area contributed by atoms with E-state index in [4.69, 9.17) is 24.2 Å². The fourth-order valence-corrected chi connectivity index (χ4v) is 10.4. The second-order valence-electron chi connectivity index (χ2n) is 20.4. The van der Waals surface area contributed by atoms with Crippen LogP contribution in [0.3, 0.4) is 0 Å². The number of aromatic nitrogens is 4. The molecule has 0 amide bonds. The molecule has 7 nitrogen and oxygen atoms in total. The fraction of sp³-hybridized carbons (Fsp3) is 0.129. The summed E-state index contributed by atoms with van der Waals surface area (Å²) in [7, 11) is 0. The van der Waals surface area contributed by atoms with Gasteiger partial charge in [0.1, 0.15) is 17.3 Å². The molecule has 9 heteroatoms. The van der Waals surface area contributed by atoms with Crippen molar-refractivity contribution in [2.75, 3.05) is 0 Å². The molecule has 13 rings (SSSR count). The molecule has 0 aliphatic carbocycles. The zero-order valence-electron chi connectivity index (χ0n) is 40.2. The van der Waals surface area contributed by atoms with E-state index >= 15 is 0 Å². The van der Waals surface area contributed by atoms with Gasteiger partial charge >= 0.3 is 21.1 Å². The minimum atomic E-state index is -0.241. The number of benzene rings is 8. The molecule has 0 saturated heterocycles. The van der Waals surface area contributed by atoms with Gasteiger partial charge in [0, 0.05) is 34.5 Å². The van der Waals surface area contributed by atoms with Crippen molar-refractivity contribution in [3.05, 3.63) is 199 Å². The Bertz CT molecular complexity index is 3910. The molecule has 0 unspecified atom stereocenters. The molecule has 0 bridgehead atoms. The maximum atomic E-state index is 7.19. The molecule has 5 heterocycles. The first-order valence-corrected chi connectivity index (χ1v) is 23.9. The van der Waals surface area contributed by atoms with Crippen LogP contribution in [0, 0.1) is 12.1 Å². The van der Waals surface area contributed by atoms with E-state index in [0.29, 0.717) is 34.4 Å². The summed E-state index contributed by atoms with van der Waals surface area (Å²) in [4.78, 5) is 10.4. The van der Waals surface area contributed by atoms with Crippen molar-refractivity contribution >= 4 is 55.9 Å². The summed E-state index contributed by atoms with van der Waals surface area (Å²) in [6.45, 7) is 13.2. The normalized spacial score (nSPS) is 12.7. The van der Waals surface area contributed by atoms with Crippen molar-refractivity contribution in [3.8, 4) is 68.5 Å². The minimum absolute atomic E-state index is 0. The Hall–Kier alpha value is -7.67. The van der Waals surface area contributed by atoms with E-state index in [-0.39, 0.29) is 38.6 Å². The van der Waals surface area contributed by atoms with Crippen molar-refractivity contribution in [2.45, 2.75) is 52.4 Å². The molecular weight excluding hydrogens is 1050 g/mol. The average Bonchev–Trinajstić information content (AvgIpc) is 3.92. The summed E-state index contributed by atoms with van der Waals surface area (Å²) in [5.74, 6) is 5.03. The van der Waals surface area contributed by atoms with Gasteiger partial charge in [-0.1, -0.05) is 167 Å². The maximum absolute atomic E-state index is 7.19. The molecule has 3 aromatic heterocycles. The second kappa shape index (κ2) is 16.7. The summed E-state index contributed by atoms with van der Waals surface area (Å²) in [5.41, 5.74) is 12.7. The van der Waals surface area contributed by atoms with E-state index in [1.165, 1.54) is 11.1 Å². The van der Waals surface area contributed by atoms with E-state index < -0.39 is 0 Å². The molecule has 0 spiro atoms. The van der Waals surface area contributed by atoms with Gasteiger partial charge in [-0.2, -0.15) is 6.07 Å². The van der Waals surface area contributed by atoms with E-state index in [0.717, 1.165) is 83.4 Å². The largest absolute Gasteiger partial charge is 2.00 e. The first-order chi connectivity index (χ1) is 34.0. The molecule has 0 atom stereocenters. The SMILES string of the molecule is CC(C)(C)c1ccnc(-n2c3[c-]c(Oc4[c-]c(-c5nc6ccccc6n5-c5ccc(C(C)(C)C)cc5-c5ccccc5)c5c6c4Oc4ccccc4B6c4ccccc4O5)ccc3c3ccccc32)c1.[Pt+2]. The van der Waals surface area contributed by atoms with Crippen LogP contribution >= 0.6 is 0 Å². The third-order valence-electron chi connectivity index (χ3n) is 13.9. The van der Waals surface area contributed by atoms with Crippen LogP contribution in [0.1, 0.15) is 52.7 Å². The summed E-state index contributed by atoms with van der Waals surface area (Å²) in [5, 5.41) is 2.14. The van der Waals surface area contributed by atoms with Crippen LogP contribution < -0.4 is 30.6 Å². The van der Waals surface area contributed by atoms with E-state index in [9.17, 15) is 0 Å². The van der Waals surface area contributed by atoms with Gasteiger partial charge < -0.3 is 23.3 Å². The third-order valence-corrected chi connectivity index (χ3v) is 13.9. The number of rotatable bonds is 6. The molecule has 0 saturated carbocycles. The van der Waals surface area contributed by atoms with Crippen molar-refractivity contribution in [1.29, 1.82) is 0 Å². The van der Waals surface area contributed by atoms with Crippen LogP contribution in [0.4, 0.5) is 0 Å². The van der Waals surface area contributed by atoms with Gasteiger partial charge in [0.15, 0.2) is 0 Å². The van der Waals surface area contributed by atoms with Crippen LogP contribution in [-0.4, -0.2) is 25.8 Å². The van der Waals surface area contributed by atoms with Gasteiger partial charge in [-0.15, -0.1) is 17.5 Å². The molecule has 2 aliphatic heterocycles. The van der Waals surface area contributed by atoms with Crippen LogP contribution in [0.15, 0.2) is 176 Å². The molecule has 0 radical (unpaired) electrons. The Kier molecular flexibility index (Phi) is 10.5. The Balaban J connectivity index is 0.00000517. The van der Waals surface area contributed by atoms with Gasteiger partial charge in [0.05, 0.1) is 28.4 Å². The van der Waals surface area contributed by atoms with Gasteiger partial charge in [-0.05, 0) is 98.4 Å². The van der Waals surface area contributed by atoms with E-state index in [2.05, 4.69) is 196 Å². The fourth-order valence-electron chi connectivity index (χ4n) is 10.4. The Morgan fingerprint density at radius 1 is 0.577 bits per heavy atom. The van der Waals surface area contributed by atoms with Crippen molar-refractivity contribution in [1.82, 2.24) is 19.1 Å². The number of para-hydroxylation sites is 5. The van der Waals surface area contributed by atoms with Crippen molar-refractivity contribution in [2.24, 2.45) is 0 Å². The molecule has 346 valence electrons. The average molecular weight is 1100 g/mol. The van der Waals surface area contributed by atoms with Gasteiger partial charge in [0.2, 0.25) is 6.71 Å². The minimum Gasteiger partial charge on any atom is -0.503 e. The van der Waals surface area contributed by atoms with Gasteiger partial charge in [0.25, 0.3) is 0 Å². The van der Waals surface area contributed by atoms with E-state index in [1.807, 2.05) is 42.6 Å². The number of hydrogen-bond donors (Lipinski definition) is 0. The summed E-state index contributed by atoms with van der Waals surface area (Å²) in [6, 6.07) is 66.5. The summed E-state index contributed by atoms with van der Waals surface area (Å²) >= 11 is 0. The number of imidazole rings is 1. The quantitative estimate of drug-likeness (QED) is 0.123. The number of ether oxygens (including phenoxy) is 3. The topological polar surface area (TPSA) is 63.3 Å². The van der Waals surface area contributed by atoms with Crippen molar-refractivity contribution in [3.63, 3.8) is 0 Å². The van der Waals surface area contributed by atoms with Crippen LogP contribution in [-0.2, 0) is 31.9 Å². The molecule has 0 fully saturated rings. The molecule has 11 aromatic rings. The number of pyridine rings is 1. The van der Waals surface area contributed by atoms with Gasteiger partial charge in [-0.3, -0.25) is 4.98 Å². The second-order valence-corrected chi connectivity index (χ2v) is 20.4. The zero-order valence-corrected chi connectivity index (χ0v) is 42.4.